The van der Waals surface area contributed by atoms with Crippen molar-refractivity contribution in [3.05, 3.63) is 0 Å². The number of likely N-dealkylation sites (N-methyl/N-ethyl adjacent to an activating group) is 1. The van der Waals surface area contributed by atoms with E-state index in [1.807, 2.05) is 0 Å². The molecular formula is C16H31NO2. The SMILES string of the molecule is CCNC1CC(OC2CCC(C)C(C)C2)C1OCC. The second kappa shape index (κ2) is 7.05. The van der Waals surface area contributed by atoms with Gasteiger partial charge in [0.05, 0.1) is 18.3 Å². The van der Waals surface area contributed by atoms with Gasteiger partial charge in [-0.3, -0.25) is 0 Å². The van der Waals surface area contributed by atoms with Crippen molar-refractivity contribution >= 4 is 0 Å². The molecule has 2 rings (SSSR count). The predicted molar refractivity (Wildman–Crippen MR) is 78.3 cm³/mol. The first-order valence-electron chi connectivity index (χ1n) is 8.16. The molecule has 112 valence electrons. The molecule has 0 aromatic carbocycles. The molecule has 3 heteroatoms. The van der Waals surface area contributed by atoms with Gasteiger partial charge in [0.2, 0.25) is 0 Å². The molecule has 0 amide bonds. The Bertz CT molecular complexity index is 271. The highest BCUT2D eigenvalue weighted by Crippen LogP contribution is 2.35. The molecule has 6 unspecified atom stereocenters. The van der Waals surface area contributed by atoms with Crippen molar-refractivity contribution < 1.29 is 9.47 Å². The van der Waals surface area contributed by atoms with Crippen LogP contribution in [0.1, 0.15) is 53.4 Å². The highest BCUT2D eigenvalue weighted by molar-refractivity contribution is 4.98. The van der Waals surface area contributed by atoms with Crippen LogP contribution < -0.4 is 5.32 Å². The molecule has 1 N–H and O–H groups in total. The second-order valence-corrected chi connectivity index (χ2v) is 6.38. The fourth-order valence-electron chi connectivity index (χ4n) is 3.46. The maximum absolute atomic E-state index is 6.32. The summed E-state index contributed by atoms with van der Waals surface area (Å²) >= 11 is 0. The molecule has 19 heavy (non-hydrogen) atoms. The zero-order valence-electron chi connectivity index (χ0n) is 13.0. The number of ether oxygens (including phenoxy) is 2. The maximum Gasteiger partial charge on any atom is 0.0990 e. The molecule has 0 aliphatic heterocycles. The van der Waals surface area contributed by atoms with Gasteiger partial charge in [0, 0.05) is 12.6 Å². The minimum atomic E-state index is 0.264. The fourth-order valence-corrected chi connectivity index (χ4v) is 3.46. The number of nitrogens with one attached hydrogen (secondary N) is 1. The zero-order valence-corrected chi connectivity index (χ0v) is 13.0. The van der Waals surface area contributed by atoms with Gasteiger partial charge in [-0.25, -0.2) is 0 Å². The topological polar surface area (TPSA) is 30.5 Å². The molecule has 2 saturated carbocycles. The van der Waals surface area contributed by atoms with Crippen LogP contribution in [0.4, 0.5) is 0 Å². The first kappa shape index (κ1) is 15.3. The number of hydrogen-bond acceptors (Lipinski definition) is 3. The zero-order chi connectivity index (χ0) is 13.8. The van der Waals surface area contributed by atoms with Crippen LogP contribution in [-0.4, -0.2) is 37.5 Å². The van der Waals surface area contributed by atoms with Gasteiger partial charge in [0.25, 0.3) is 0 Å². The Morgan fingerprint density at radius 1 is 1.05 bits per heavy atom. The number of hydrogen-bond donors (Lipinski definition) is 1. The monoisotopic (exact) mass is 269 g/mol. The van der Waals surface area contributed by atoms with E-state index < -0.39 is 0 Å². The van der Waals surface area contributed by atoms with Gasteiger partial charge < -0.3 is 14.8 Å². The lowest BCUT2D eigenvalue weighted by Gasteiger charge is -2.46. The summed E-state index contributed by atoms with van der Waals surface area (Å²) in [7, 11) is 0. The first-order chi connectivity index (χ1) is 9.15. The van der Waals surface area contributed by atoms with Gasteiger partial charge in [-0.15, -0.1) is 0 Å². The summed E-state index contributed by atoms with van der Waals surface area (Å²) < 4.78 is 12.2. The standard InChI is InChI=1S/C16H31NO2/c1-5-17-14-10-15(16(14)18-6-2)19-13-8-7-11(3)12(4)9-13/h11-17H,5-10H2,1-4H3. The van der Waals surface area contributed by atoms with Gasteiger partial charge in [0.15, 0.2) is 0 Å². The highest BCUT2D eigenvalue weighted by atomic mass is 16.6. The van der Waals surface area contributed by atoms with Crippen LogP contribution in [0, 0.1) is 11.8 Å². The van der Waals surface area contributed by atoms with Crippen molar-refractivity contribution in [3.8, 4) is 0 Å². The van der Waals surface area contributed by atoms with Crippen LogP contribution in [0.25, 0.3) is 0 Å². The second-order valence-electron chi connectivity index (χ2n) is 6.38. The molecule has 2 fully saturated rings. The van der Waals surface area contributed by atoms with E-state index in [-0.39, 0.29) is 6.10 Å². The van der Waals surface area contributed by atoms with Gasteiger partial charge in [-0.1, -0.05) is 20.8 Å². The molecule has 0 radical (unpaired) electrons. The molecular weight excluding hydrogens is 238 g/mol. The molecule has 0 saturated heterocycles. The van der Waals surface area contributed by atoms with Gasteiger partial charge >= 0.3 is 0 Å². The summed E-state index contributed by atoms with van der Waals surface area (Å²) in [6.45, 7) is 10.8. The molecule has 3 nitrogen and oxygen atoms in total. The van der Waals surface area contributed by atoms with Crippen molar-refractivity contribution in [2.45, 2.75) is 77.7 Å². The molecule has 2 aliphatic carbocycles. The smallest absolute Gasteiger partial charge is 0.0990 e. The molecule has 0 bridgehead atoms. The third kappa shape index (κ3) is 3.71. The molecule has 0 heterocycles. The van der Waals surface area contributed by atoms with Crippen molar-refractivity contribution in [2.24, 2.45) is 11.8 Å². The van der Waals surface area contributed by atoms with E-state index in [0.717, 1.165) is 31.4 Å². The van der Waals surface area contributed by atoms with E-state index in [9.17, 15) is 0 Å². The van der Waals surface area contributed by atoms with E-state index in [1.165, 1.54) is 19.3 Å². The summed E-state index contributed by atoms with van der Waals surface area (Å²) in [6, 6.07) is 0.495. The largest absolute Gasteiger partial charge is 0.374 e. The van der Waals surface area contributed by atoms with Gasteiger partial charge in [-0.2, -0.15) is 0 Å². The van der Waals surface area contributed by atoms with E-state index >= 15 is 0 Å². The third-order valence-corrected chi connectivity index (χ3v) is 4.99. The van der Waals surface area contributed by atoms with Gasteiger partial charge in [0.1, 0.15) is 0 Å². The Kier molecular flexibility index (Phi) is 5.67. The van der Waals surface area contributed by atoms with E-state index in [0.29, 0.717) is 18.2 Å². The van der Waals surface area contributed by atoms with Crippen molar-refractivity contribution in [3.63, 3.8) is 0 Å². The van der Waals surface area contributed by atoms with Crippen molar-refractivity contribution in [2.75, 3.05) is 13.2 Å². The van der Waals surface area contributed by atoms with Crippen LogP contribution in [0.5, 0.6) is 0 Å². The Morgan fingerprint density at radius 2 is 1.84 bits per heavy atom. The maximum atomic E-state index is 6.32. The molecule has 0 spiro atoms. The summed E-state index contributed by atoms with van der Waals surface area (Å²) in [5, 5.41) is 3.49. The summed E-state index contributed by atoms with van der Waals surface area (Å²) in [5.74, 6) is 1.66. The molecule has 0 aromatic heterocycles. The summed E-state index contributed by atoms with van der Waals surface area (Å²) in [6.07, 6.45) is 5.92. The Morgan fingerprint density at radius 3 is 2.47 bits per heavy atom. The summed E-state index contributed by atoms with van der Waals surface area (Å²) in [5.41, 5.74) is 0. The van der Waals surface area contributed by atoms with Crippen LogP contribution in [0.15, 0.2) is 0 Å². The van der Waals surface area contributed by atoms with Crippen LogP contribution in [0.2, 0.25) is 0 Å². The Hall–Kier alpha value is -0.120. The minimum Gasteiger partial charge on any atom is -0.374 e. The van der Waals surface area contributed by atoms with Crippen molar-refractivity contribution in [1.29, 1.82) is 0 Å². The molecule has 6 atom stereocenters. The van der Waals surface area contributed by atoms with Crippen LogP contribution >= 0.6 is 0 Å². The fraction of sp³-hybridized carbons (Fsp3) is 1.00. The van der Waals surface area contributed by atoms with E-state index in [4.69, 9.17) is 9.47 Å². The van der Waals surface area contributed by atoms with Crippen LogP contribution in [0.3, 0.4) is 0 Å². The Balaban J connectivity index is 1.79. The minimum absolute atomic E-state index is 0.264. The third-order valence-electron chi connectivity index (χ3n) is 4.99. The first-order valence-corrected chi connectivity index (χ1v) is 8.16. The average molecular weight is 269 g/mol. The lowest BCUT2D eigenvalue weighted by atomic mass is 9.79. The van der Waals surface area contributed by atoms with E-state index in [1.54, 1.807) is 0 Å². The lowest BCUT2D eigenvalue weighted by Crippen LogP contribution is -2.61. The quantitative estimate of drug-likeness (QED) is 0.804. The normalized spacial score (nSPS) is 42.9. The number of rotatable bonds is 6. The predicted octanol–water partition coefficient (Wildman–Crippen LogP) is 2.98. The highest BCUT2D eigenvalue weighted by Gasteiger charge is 2.43. The lowest BCUT2D eigenvalue weighted by molar-refractivity contribution is -0.174. The van der Waals surface area contributed by atoms with Crippen molar-refractivity contribution in [1.82, 2.24) is 5.32 Å². The summed E-state index contributed by atoms with van der Waals surface area (Å²) in [4.78, 5) is 0. The van der Waals surface area contributed by atoms with Gasteiger partial charge in [-0.05, 0) is 51.0 Å². The van der Waals surface area contributed by atoms with E-state index in [2.05, 4.69) is 33.0 Å². The molecule has 2 aliphatic rings. The Labute approximate surface area is 118 Å². The van der Waals surface area contributed by atoms with Crippen LogP contribution in [-0.2, 0) is 9.47 Å². The molecule has 0 aromatic rings. The average Bonchev–Trinajstić information content (AvgIpc) is 2.39.